The quantitative estimate of drug-likeness (QED) is 0.413. The molecule has 1 saturated heterocycles. The minimum absolute atomic E-state index is 0.0620. The van der Waals surface area contributed by atoms with Crippen LogP contribution in [0.5, 0.6) is 0 Å². The molecule has 1 unspecified atom stereocenters. The van der Waals surface area contributed by atoms with Gasteiger partial charge in [0.05, 0.1) is 17.3 Å². The highest BCUT2D eigenvalue weighted by Gasteiger charge is 2.38. The van der Waals surface area contributed by atoms with Crippen LogP contribution >= 0.6 is 0 Å². The summed E-state index contributed by atoms with van der Waals surface area (Å²) in [4.78, 5) is 44.0. The third-order valence-corrected chi connectivity index (χ3v) is 6.57. The van der Waals surface area contributed by atoms with Crippen molar-refractivity contribution in [3.8, 4) is 11.1 Å². The van der Waals surface area contributed by atoms with E-state index in [2.05, 4.69) is 10.3 Å². The molecule has 1 fully saturated rings. The fourth-order valence-corrected chi connectivity index (χ4v) is 4.85. The number of halogens is 3. The van der Waals surface area contributed by atoms with Crippen LogP contribution in [0.15, 0.2) is 54.7 Å². The zero-order chi connectivity index (χ0) is 29.9. The van der Waals surface area contributed by atoms with Crippen LogP contribution in [0.2, 0.25) is 0 Å². The van der Waals surface area contributed by atoms with Crippen molar-refractivity contribution in [2.75, 3.05) is 6.54 Å². The summed E-state index contributed by atoms with van der Waals surface area (Å²) >= 11 is 0. The second kappa shape index (κ2) is 12.0. The van der Waals surface area contributed by atoms with Gasteiger partial charge in [0.1, 0.15) is 29.1 Å². The van der Waals surface area contributed by atoms with Gasteiger partial charge in [-0.2, -0.15) is 0 Å². The molecule has 0 saturated carbocycles. The number of primary amides is 1. The van der Waals surface area contributed by atoms with E-state index in [4.69, 9.17) is 10.5 Å². The number of carbonyl (C=O) groups is 3. The zero-order valence-electron chi connectivity index (χ0n) is 22.9. The molecule has 2 atom stereocenters. The largest absolute Gasteiger partial charge is 0.444 e. The first-order valence-electron chi connectivity index (χ1n) is 13.1. The molecule has 8 nitrogen and oxygen atoms in total. The maximum Gasteiger partial charge on any atom is 0.410 e. The van der Waals surface area contributed by atoms with Crippen molar-refractivity contribution in [3.05, 3.63) is 89.0 Å². The van der Waals surface area contributed by atoms with Crippen LogP contribution in [0.25, 0.3) is 11.1 Å². The van der Waals surface area contributed by atoms with Crippen LogP contribution in [0.4, 0.5) is 18.0 Å². The number of likely N-dealkylation sites (tertiary alicyclic amines) is 1. The van der Waals surface area contributed by atoms with E-state index < -0.39 is 53.0 Å². The molecular formula is C30H31F3N4O4. The molecule has 1 aliphatic heterocycles. The van der Waals surface area contributed by atoms with Crippen molar-refractivity contribution in [2.45, 2.75) is 57.7 Å². The molecule has 2 heterocycles. The number of nitrogens with zero attached hydrogens (tertiary/aromatic N) is 2. The Hall–Kier alpha value is -4.41. The van der Waals surface area contributed by atoms with Gasteiger partial charge >= 0.3 is 6.09 Å². The van der Waals surface area contributed by atoms with Crippen molar-refractivity contribution in [1.29, 1.82) is 0 Å². The topological polar surface area (TPSA) is 115 Å². The van der Waals surface area contributed by atoms with E-state index in [-0.39, 0.29) is 17.5 Å². The Kier molecular flexibility index (Phi) is 8.65. The average Bonchev–Trinajstić information content (AvgIpc) is 3.37. The van der Waals surface area contributed by atoms with Gasteiger partial charge in [0.25, 0.3) is 5.91 Å². The molecule has 1 aliphatic rings. The number of amides is 3. The summed E-state index contributed by atoms with van der Waals surface area (Å²) in [6.07, 6.45) is 1.76. The fraction of sp³-hybridized carbons (Fsp3) is 0.333. The lowest BCUT2D eigenvalue weighted by molar-refractivity contribution is -0.126. The number of hydrogen-bond donors (Lipinski definition) is 2. The Bertz CT molecular complexity index is 1450. The number of nitrogens with two attached hydrogens (primary N) is 1. The highest BCUT2D eigenvalue weighted by Crippen LogP contribution is 2.31. The molecule has 3 amide bonds. The Labute approximate surface area is 235 Å². The molecule has 4 rings (SSSR count). The molecular weight excluding hydrogens is 537 g/mol. The maximum absolute atomic E-state index is 14.2. The normalized spacial score (nSPS) is 15.9. The molecule has 3 N–H and O–H groups in total. The van der Waals surface area contributed by atoms with E-state index in [1.807, 2.05) is 0 Å². The van der Waals surface area contributed by atoms with Gasteiger partial charge in [0, 0.05) is 24.4 Å². The number of carbonyl (C=O) groups excluding carboxylic acids is 3. The maximum atomic E-state index is 14.2. The standard InChI is InChI=1S/C30H31F3N4O4/c1-30(2,3)41-29(40)37-11-5-7-25(37)28(39)36-24(14-17-12-19(31)16-20(32)13-17)26-21(6-4-10-35-26)18-8-9-23(33)22(15-18)27(34)38/h4,6,8-10,12-13,15-16,24-25H,5,7,11,14H2,1-3H3,(H2,34,38)(H,36,39)/t24-,25?/m0/s1. The lowest BCUT2D eigenvalue weighted by Crippen LogP contribution is -2.48. The molecule has 2 aromatic carbocycles. The molecule has 1 aromatic heterocycles. The van der Waals surface area contributed by atoms with Crippen LogP contribution < -0.4 is 11.1 Å². The number of nitrogens with one attached hydrogen (secondary N) is 1. The second-order valence-corrected chi connectivity index (χ2v) is 10.9. The third-order valence-electron chi connectivity index (χ3n) is 6.57. The van der Waals surface area contributed by atoms with Gasteiger partial charge in [0.2, 0.25) is 5.91 Å². The summed E-state index contributed by atoms with van der Waals surface area (Å²) in [6.45, 7) is 5.51. The van der Waals surface area contributed by atoms with E-state index in [1.54, 1.807) is 32.9 Å². The highest BCUT2D eigenvalue weighted by atomic mass is 19.1. The van der Waals surface area contributed by atoms with E-state index >= 15 is 0 Å². The summed E-state index contributed by atoms with van der Waals surface area (Å²) in [5.74, 6) is -3.83. The molecule has 216 valence electrons. The van der Waals surface area contributed by atoms with Crippen LogP contribution in [-0.2, 0) is 16.0 Å². The first-order chi connectivity index (χ1) is 19.3. The monoisotopic (exact) mass is 568 g/mol. The van der Waals surface area contributed by atoms with Crippen molar-refractivity contribution in [2.24, 2.45) is 5.73 Å². The first kappa shape index (κ1) is 29.6. The van der Waals surface area contributed by atoms with Crippen LogP contribution in [0, 0.1) is 17.5 Å². The lowest BCUT2D eigenvalue weighted by atomic mass is 9.94. The second-order valence-electron chi connectivity index (χ2n) is 10.9. The van der Waals surface area contributed by atoms with E-state index in [0.29, 0.717) is 36.2 Å². The lowest BCUT2D eigenvalue weighted by Gasteiger charge is -2.29. The molecule has 0 radical (unpaired) electrons. The van der Waals surface area contributed by atoms with Gasteiger partial charge in [-0.25, -0.2) is 18.0 Å². The van der Waals surface area contributed by atoms with E-state index in [0.717, 1.165) is 24.3 Å². The van der Waals surface area contributed by atoms with Gasteiger partial charge in [-0.05, 0) is 81.5 Å². The zero-order valence-corrected chi connectivity index (χ0v) is 22.9. The van der Waals surface area contributed by atoms with Gasteiger partial charge in [-0.3, -0.25) is 19.5 Å². The minimum Gasteiger partial charge on any atom is -0.444 e. The number of pyridine rings is 1. The summed E-state index contributed by atoms with van der Waals surface area (Å²) in [5, 5.41) is 2.91. The predicted octanol–water partition coefficient (Wildman–Crippen LogP) is 5.06. The molecule has 3 aromatic rings. The number of rotatable bonds is 7. The minimum atomic E-state index is -0.960. The van der Waals surface area contributed by atoms with E-state index in [1.165, 1.54) is 23.2 Å². The van der Waals surface area contributed by atoms with Gasteiger partial charge in [-0.15, -0.1) is 0 Å². The number of aromatic nitrogens is 1. The summed E-state index contributed by atoms with van der Waals surface area (Å²) in [7, 11) is 0. The predicted molar refractivity (Wildman–Crippen MR) is 145 cm³/mol. The van der Waals surface area contributed by atoms with Crippen molar-refractivity contribution in [1.82, 2.24) is 15.2 Å². The Morgan fingerprint density at radius 3 is 2.46 bits per heavy atom. The van der Waals surface area contributed by atoms with Gasteiger partial charge in [0.15, 0.2) is 0 Å². The average molecular weight is 569 g/mol. The van der Waals surface area contributed by atoms with Crippen LogP contribution in [0.1, 0.15) is 61.3 Å². The van der Waals surface area contributed by atoms with Crippen molar-refractivity contribution < 1.29 is 32.3 Å². The summed E-state index contributed by atoms with van der Waals surface area (Å²) in [5.41, 5.74) is 5.63. The SMILES string of the molecule is CC(C)(C)OC(=O)N1CCCC1C(=O)N[C@@H](Cc1cc(F)cc(F)c1)c1ncccc1-c1ccc(F)c(C(N)=O)c1. The van der Waals surface area contributed by atoms with Crippen LogP contribution in [0.3, 0.4) is 0 Å². The smallest absolute Gasteiger partial charge is 0.410 e. The Morgan fingerprint density at radius 2 is 1.80 bits per heavy atom. The first-order valence-corrected chi connectivity index (χ1v) is 13.1. The fourth-order valence-electron chi connectivity index (χ4n) is 4.85. The molecule has 0 bridgehead atoms. The third kappa shape index (κ3) is 7.22. The van der Waals surface area contributed by atoms with Crippen LogP contribution in [-0.4, -0.2) is 46.0 Å². The van der Waals surface area contributed by atoms with Gasteiger partial charge < -0.3 is 15.8 Å². The number of hydrogen-bond acceptors (Lipinski definition) is 5. The van der Waals surface area contributed by atoms with Crippen molar-refractivity contribution in [3.63, 3.8) is 0 Å². The van der Waals surface area contributed by atoms with Gasteiger partial charge in [-0.1, -0.05) is 12.1 Å². The summed E-state index contributed by atoms with van der Waals surface area (Å²) < 4.78 is 47.9. The number of benzene rings is 2. The molecule has 0 spiro atoms. The van der Waals surface area contributed by atoms with E-state index in [9.17, 15) is 27.6 Å². The van der Waals surface area contributed by atoms with Crippen molar-refractivity contribution >= 4 is 17.9 Å². The highest BCUT2D eigenvalue weighted by molar-refractivity contribution is 5.94. The number of ether oxygens (including phenoxy) is 1. The summed E-state index contributed by atoms with van der Waals surface area (Å²) in [6, 6.07) is 8.36. The molecule has 0 aliphatic carbocycles. The molecule has 11 heteroatoms. The Morgan fingerprint density at radius 1 is 1.10 bits per heavy atom. The Balaban J connectivity index is 1.72. The molecule has 41 heavy (non-hydrogen) atoms.